The van der Waals surface area contributed by atoms with E-state index in [-0.39, 0.29) is 6.10 Å². The second-order valence-corrected chi connectivity index (χ2v) is 7.59. The average Bonchev–Trinajstić information content (AvgIpc) is 3.16. The van der Waals surface area contributed by atoms with Gasteiger partial charge in [-0.1, -0.05) is 37.3 Å². The molecule has 2 aromatic rings. The zero-order valence-corrected chi connectivity index (χ0v) is 15.5. The lowest BCUT2D eigenvalue weighted by molar-refractivity contribution is 0.0933. The van der Waals surface area contributed by atoms with Crippen LogP contribution in [-0.4, -0.2) is 36.2 Å². The molecule has 2 aliphatic heterocycles. The van der Waals surface area contributed by atoms with Gasteiger partial charge < -0.3 is 15.0 Å². The van der Waals surface area contributed by atoms with Gasteiger partial charge in [-0.2, -0.15) is 0 Å². The Hall–Kier alpha value is -2.14. The first-order chi connectivity index (χ1) is 12.8. The predicted molar refractivity (Wildman–Crippen MR) is 104 cm³/mol. The molecule has 1 N–H and O–H groups in total. The number of nitrogens with one attached hydrogen (secondary N) is 1. The molecule has 5 nitrogen and oxygen atoms in total. The largest absolute Gasteiger partial charge is 0.373 e. The van der Waals surface area contributed by atoms with Gasteiger partial charge >= 0.3 is 0 Å². The Kier molecular flexibility index (Phi) is 5.34. The number of anilines is 2. The monoisotopic (exact) mass is 352 g/mol. The van der Waals surface area contributed by atoms with Gasteiger partial charge in [0.05, 0.1) is 6.10 Å². The maximum Gasteiger partial charge on any atom is 0.134 e. The van der Waals surface area contributed by atoms with E-state index in [9.17, 15) is 0 Å². The van der Waals surface area contributed by atoms with Crippen molar-refractivity contribution in [3.8, 4) is 0 Å². The zero-order valence-electron chi connectivity index (χ0n) is 15.5. The van der Waals surface area contributed by atoms with Crippen LogP contribution in [0.15, 0.2) is 42.7 Å². The lowest BCUT2D eigenvalue weighted by Crippen LogP contribution is -2.34. The van der Waals surface area contributed by atoms with Crippen molar-refractivity contribution in [1.29, 1.82) is 0 Å². The van der Waals surface area contributed by atoms with E-state index in [1.807, 2.05) is 0 Å². The summed E-state index contributed by atoms with van der Waals surface area (Å²) in [7, 11) is 0. The molecule has 5 heteroatoms. The zero-order chi connectivity index (χ0) is 17.8. The number of hydrogen-bond donors (Lipinski definition) is 1. The van der Waals surface area contributed by atoms with Crippen molar-refractivity contribution in [2.75, 3.05) is 36.5 Å². The predicted octanol–water partition coefficient (Wildman–Crippen LogP) is 3.90. The minimum atomic E-state index is 0.174. The maximum absolute atomic E-state index is 5.99. The number of piperidine rings is 1. The molecule has 138 valence electrons. The molecule has 1 aromatic carbocycles. The molecule has 3 unspecified atom stereocenters. The van der Waals surface area contributed by atoms with Crippen LogP contribution in [0.3, 0.4) is 0 Å². The Morgan fingerprint density at radius 3 is 2.92 bits per heavy atom. The fraction of sp³-hybridized carbons (Fsp3) is 0.524. The van der Waals surface area contributed by atoms with E-state index in [1.54, 1.807) is 6.33 Å². The van der Waals surface area contributed by atoms with Crippen LogP contribution < -0.4 is 10.2 Å². The summed E-state index contributed by atoms with van der Waals surface area (Å²) in [4.78, 5) is 11.3. The van der Waals surface area contributed by atoms with E-state index in [0.29, 0.717) is 5.92 Å². The van der Waals surface area contributed by atoms with Crippen molar-refractivity contribution >= 4 is 11.6 Å². The fourth-order valence-electron chi connectivity index (χ4n) is 4.10. The number of benzene rings is 1. The minimum absolute atomic E-state index is 0.174. The van der Waals surface area contributed by atoms with Gasteiger partial charge in [0.1, 0.15) is 18.0 Å². The molecule has 2 saturated heterocycles. The van der Waals surface area contributed by atoms with Gasteiger partial charge in [-0.05, 0) is 30.7 Å². The number of hydrogen-bond acceptors (Lipinski definition) is 5. The van der Waals surface area contributed by atoms with E-state index in [1.165, 1.54) is 18.4 Å². The number of aromatic nitrogens is 2. The summed E-state index contributed by atoms with van der Waals surface area (Å²) in [6.07, 6.45) is 5.49. The van der Waals surface area contributed by atoms with Crippen molar-refractivity contribution in [2.24, 2.45) is 11.8 Å². The first-order valence-electron chi connectivity index (χ1n) is 9.77. The van der Waals surface area contributed by atoms with E-state index in [0.717, 1.165) is 50.2 Å². The number of nitrogens with zero attached hydrogens (tertiary/aromatic N) is 3. The maximum atomic E-state index is 5.99. The highest BCUT2D eigenvalue weighted by Gasteiger charge is 2.29. The van der Waals surface area contributed by atoms with Gasteiger partial charge in [-0.3, -0.25) is 0 Å². The highest BCUT2D eigenvalue weighted by molar-refractivity contribution is 5.48. The third-order valence-electron chi connectivity index (χ3n) is 5.52. The van der Waals surface area contributed by atoms with Gasteiger partial charge in [0.15, 0.2) is 0 Å². The van der Waals surface area contributed by atoms with Crippen LogP contribution in [0.5, 0.6) is 0 Å². The Morgan fingerprint density at radius 1 is 1.19 bits per heavy atom. The molecule has 0 bridgehead atoms. The topological polar surface area (TPSA) is 50.3 Å². The smallest absolute Gasteiger partial charge is 0.134 e. The van der Waals surface area contributed by atoms with Crippen molar-refractivity contribution in [1.82, 2.24) is 9.97 Å². The van der Waals surface area contributed by atoms with Crippen LogP contribution >= 0.6 is 0 Å². The SMILES string of the molecule is CC1CCCN(c2cc(NCC3CCOC3c3ccccc3)ncn2)C1. The standard InChI is InChI=1S/C21H28N4O/c1-16-6-5-10-25(14-16)20-12-19(23-15-24-20)22-13-18-9-11-26-21(18)17-7-3-2-4-8-17/h2-4,7-8,12,15-16,18,21H,5-6,9-11,13-14H2,1H3,(H,22,23,24). The summed E-state index contributed by atoms with van der Waals surface area (Å²) < 4.78 is 5.99. The second-order valence-electron chi connectivity index (χ2n) is 7.59. The van der Waals surface area contributed by atoms with Crippen molar-refractivity contribution in [3.63, 3.8) is 0 Å². The van der Waals surface area contributed by atoms with E-state index >= 15 is 0 Å². The van der Waals surface area contributed by atoms with E-state index < -0.39 is 0 Å². The van der Waals surface area contributed by atoms with Gasteiger partial charge in [0.2, 0.25) is 0 Å². The minimum Gasteiger partial charge on any atom is -0.373 e. The van der Waals surface area contributed by atoms with Gasteiger partial charge in [0.25, 0.3) is 0 Å². The lowest BCUT2D eigenvalue weighted by atomic mass is 9.95. The Bertz CT molecular complexity index is 708. The average molecular weight is 352 g/mol. The summed E-state index contributed by atoms with van der Waals surface area (Å²) in [6, 6.07) is 12.6. The molecule has 0 radical (unpaired) electrons. The summed E-state index contributed by atoms with van der Waals surface area (Å²) in [6.45, 7) is 6.19. The molecule has 0 aliphatic carbocycles. The molecule has 0 saturated carbocycles. The van der Waals surface area contributed by atoms with Crippen LogP contribution in [-0.2, 0) is 4.74 Å². The molecule has 26 heavy (non-hydrogen) atoms. The van der Waals surface area contributed by atoms with Crippen LogP contribution in [0, 0.1) is 11.8 Å². The normalized spacial score (nSPS) is 26.0. The fourth-order valence-corrected chi connectivity index (χ4v) is 4.10. The molecule has 0 spiro atoms. The summed E-state index contributed by atoms with van der Waals surface area (Å²) in [5.41, 5.74) is 1.27. The van der Waals surface area contributed by atoms with Crippen LogP contribution in [0.4, 0.5) is 11.6 Å². The molecule has 3 heterocycles. The third kappa shape index (κ3) is 3.98. The lowest BCUT2D eigenvalue weighted by Gasteiger charge is -2.31. The Labute approximate surface area is 155 Å². The molecular weight excluding hydrogens is 324 g/mol. The molecule has 0 amide bonds. The third-order valence-corrected chi connectivity index (χ3v) is 5.52. The molecule has 3 atom stereocenters. The van der Waals surface area contributed by atoms with E-state index in [2.05, 4.69) is 63.5 Å². The quantitative estimate of drug-likeness (QED) is 0.884. The van der Waals surface area contributed by atoms with Crippen molar-refractivity contribution in [2.45, 2.75) is 32.3 Å². The summed E-state index contributed by atoms with van der Waals surface area (Å²) >= 11 is 0. The molecule has 2 fully saturated rings. The summed E-state index contributed by atoms with van der Waals surface area (Å²) in [5, 5.41) is 3.52. The van der Waals surface area contributed by atoms with Crippen molar-refractivity contribution in [3.05, 3.63) is 48.3 Å². The van der Waals surface area contributed by atoms with Crippen molar-refractivity contribution < 1.29 is 4.74 Å². The first-order valence-corrected chi connectivity index (χ1v) is 9.77. The van der Waals surface area contributed by atoms with Gasteiger partial charge in [0, 0.05) is 38.2 Å². The molecule has 2 aliphatic rings. The van der Waals surface area contributed by atoms with Crippen LogP contribution in [0.2, 0.25) is 0 Å². The number of ether oxygens (including phenoxy) is 1. The molecule has 4 rings (SSSR count). The molecular formula is C21H28N4O. The summed E-state index contributed by atoms with van der Waals surface area (Å²) in [5.74, 6) is 3.14. The highest BCUT2D eigenvalue weighted by atomic mass is 16.5. The first kappa shape index (κ1) is 17.3. The van der Waals surface area contributed by atoms with Crippen LogP contribution in [0.25, 0.3) is 0 Å². The van der Waals surface area contributed by atoms with E-state index in [4.69, 9.17) is 4.74 Å². The van der Waals surface area contributed by atoms with Gasteiger partial charge in [-0.25, -0.2) is 9.97 Å². The molecule has 1 aromatic heterocycles. The van der Waals surface area contributed by atoms with Gasteiger partial charge in [-0.15, -0.1) is 0 Å². The second kappa shape index (κ2) is 8.04. The highest BCUT2D eigenvalue weighted by Crippen LogP contribution is 2.34. The van der Waals surface area contributed by atoms with Crippen LogP contribution in [0.1, 0.15) is 37.9 Å². The Balaban J connectivity index is 1.39. The number of rotatable bonds is 5. The Morgan fingerprint density at radius 2 is 2.08 bits per heavy atom.